The summed E-state index contributed by atoms with van der Waals surface area (Å²) in [5, 5.41) is 3.12. The maximum atomic E-state index is 12.7. The number of fused-ring (bicyclic) bond motifs is 1. The highest BCUT2D eigenvalue weighted by atomic mass is 35.5. The topological polar surface area (TPSA) is 103 Å². The van der Waals surface area contributed by atoms with Gasteiger partial charge in [-0.3, -0.25) is 14.9 Å². The highest BCUT2D eigenvalue weighted by molar-refractivity contribution is 6.50. The lowest BCUT2D eigenvalue weighted by Crippen LogP contribution is -2.22. The number of hydrogen-bond acceptors (Lipinski definition) is 6. The fourth-order valence-corrected chi connectivity index (χ4v) is 3.38. The van der Waals surface area contributed by atoms with Crippen LogP contribution >= 0.6 is 12.4 Å². The van der Waals surface area contributed by atoms with E-state index in [1.807, 2.05) is 6.07 Å². The van der Waals surface area contributed by atoms with Gasteiger partial charge in [-0.2, -0.15) is 0 Å². The second-order valence-corrected chi connectivity index (χ2v) is 6.05. The number of amides is 2. The summed E-state index contributed by atoms with van der Waals surface area (Å²) in [5.74, 6) is 0.204. The fourth-order valence-electron chi connectivity index (χ4n) is 3.38. The number of aromatic nitrogens is 2. The van der Waals surface area contributed by atoms with E-state index in [0.717, 1.165) is 5.39 Å². The molecule has 0 saturated carbocycles. The van der Waals surface area contributed by atoms with E-state index < -0.39 is 11.8 Å². The molecular formula is C20H18AlClN3O5. The number of rotatable bonds is 5. The summed E-state index contributed by atoms with van der Waals surface area (Å²) in [4.78, 5) is 32.6. The van der Waals surface area contributed by atoms with Gasteiger partial charge in [0.1, 0.15) is 5.65 Å². The van der Waals surface area contributed by atoms with Crippen LogP contribution in [-0.4, -0.2) is 60.5 Å². The summed E-state index contributed by atoms with van der Waals surface area (Å²) in [6, 6.07) is 6.89. The van der Waals surface area contributed by atoms with Gasteiger partial charge >= 0.3 is 0 Å². The largest absolute Gasteiger partial charge is 0.493 e. The molecule has 1 aromatic carbocycles. The van der Waals surface area contributed by atoms with E-state index in [-0.39, 0.29) is 40.9 Å². The molecule has 0 saturated heterocycles. The van der Waals surface area contributed by atoms with Crippen molar-refractivity contribution in [3.63, 3.8) is 0 Å². The Hall–Kier alpha value is -2.99. The molecule has 3 aromatic rings. The number of imide groups is 1. The van der Waals surface area contributed by atoms with Gasteiger partial charge in [-0.15, -0.1) is 12.4 Å². The van der Waals surface area contributed by atoms with Gasteiger partial charge < -0.3 is 19.2 Å². The third kappa shape index (κ3) is 3.63. The number of nitrogens with one attached hydrogen (secondary N) is 2. The maximum absolute atomic E-state index is 12.7. The zero-order valence-electron chi connectivity index (χ0n) is 16.4. The second kappa shape index (κ2) is 9.22. The molecule has 0 aliphatic carbocycles. The first-order valence-corrected chi connectivity index (χ1v) is 8.41. The first kappa shape index (κ1) is 23.3. The van der Waals surface area contributed by atoms with Crippen molar-refractivity contribution in [1.29, 1.82) is 0 Å². The van der Waals surface area contributed by atoms with Gasteiger partial charge in [-0.1, -0.05) is 0 Å². The quantitative estimate of drug-likeness (QED) is 0.464. The van der Waals surface area contributed by atoms with Gasteiger partial charge in [0.15, 0.2) is 11.5 Å². The third-order valence-corrected chi connectivity index (χ3v) is 4.61. The molecule has 1 aliphatic rings. The number of ether oxygens (including phenoxy) is 3. The van der Waals surface area contributed by atoms with Gasteiger partial charge in [0.2, 0.25) is 5.75 Å². The van der Waals surface area contributed by atoms with Crippen molar-refractivity contribution in [1.82, 2.24) is 15.3 Å². The number of hydrogen-bond donors (Lipinski definition) is 2. The van der Waals surface area contributed by atoms with Crippen molar-refractivity contribution in [2.24, 2.45) is 0 Å². The molecular weight excluding hydrogens is 425 g/mol. The molecule has 2 amide bonds. The third-order valence-electron chi connectivity index (χ3n) is 4.61. The number of H-pyrrole nitrogens is 1. The van der Waals surface area contributed by atoms with Crippen LogP contribution in [0.1, 0.15) is 11.1 Å². The Balaban J connectivity index is 0.00000160. The molecule has 0 spiro atoms. The number of carbonyl (C=O) groups is 2. The molecule has 3 heterocycles. The number of pyridine rings is 1. The molecule has 3 radical (unpaired) electrons. The molecule has 153 valence electrons. The van der Waals surface area contributed by atoms with Crippen LogP contribution in [0.3, 0.4) is 0 Å². The normalized spacial score (nSPS) is 12.9. The van der Waals surface area contributed by atoms with Crippen LogP contribution in [0.5, 0.6) is 17.2 Å². The van der Waals surface area contributed by atoms with Gasteiger partial charge in [0, 0.05) is 40.7 Å². The molecule has 2 aromatic heterocycles. The highest BCUT2D eigenvalue weighted by Gasteiger charge is 2.34. The van der Waals surface area contributed by atoms with E-state index in [2.05, 4.69) is 15.3 Å². The Kier molecular flexibility index (Phi) is 7.16. The summed E-state index contributed by atoms with van der Waals surface area (Å²) >= 11 is 0. The number of methoxy groups -OCH3 is 3. The summed E-state index contributed by atoms with van der Waals surface area (Å²) in [5.41, 5.74) is 2.19. The zero-order chi connectivity index (χ0) is 19.8. The van der Waals surface area contributed by atoms with Crippen LogP contribution < -0.4 is 19.5 Å². The Labute approximate surface area is 189 Å². The Morgan fingerprint density at radius 2 is 1.57 bits per heavy atom. The minimum Gasteiger partial charge on any atom is -0.493 e. The number of aromatic amines is 1. The van der Waals surface area contributed by atoms with Crippen LogP contribution in [0.4, 0.5) is 0 Å². The minimum atomic E-state index is -0.493. The van der Waals surface area contributed by atoms with Crippen molar-refractivity contribution in [3.05, 3.63) is 47.8 Å². The van der Waals surface area contributed by atoms with Gasteiger partial charge in [-0.05, 0) is 29.8 Å². The second-order valence-electron chi connectivity index (χ2n) is 6.05. The number of benzene rings is 1. The van der Waals surface area contributed by atoms with Crippen LogP contribution in [0.2, 0.25) is 0 Å². The van der Waals surface area contributed by atoms with Crippen molar-refractivity contribution in [2.75, 3.05) is 21.3 Å². The standard InChI is InChI=1S/C20H17N3O5.Al.ClH/c1-26-13-7-10(8-14(27-2)17(13)28-3)15-16(20(25)23-19(15)24)12-9-22-18-11(12)5-4-6-21-18;;/h4-9H,1-3H3,(H,21,22)(H,23,24,25);;1H. The van der Waals surface area contributed by atoms with Gasteiger partial charge in [-0.25, -0.2) is 4.98 Å². The molecule has 1 aliphatic heterocycles. The summed E-state index contributed by atoms with van der Waals surface area (Å²) in [7, 11) is 4.47. The van der Waals surface area contributed by atoms with E-state index in [9.17, 15) is 9.59 Å². The lowest BCUT2D eigenvalue weighted by atomic mass is 9.96. The number of carbonyl (C=O) groups excluding carboxylic acids is 2. The molecule has 0 fully saturated rings. The first-order valence-electron chi connectivity index (χ1n) is 8.41. The fraction of sp³-hybridized carbons (Fsp3) is 0.150. The molecule has 0 bridgehead atoms. The lowest BCUT2D eigenvalue weighted by Gasteiger charge is -2.14. The Bertz CT molecular complexity index is 1130. The predicted molar refractivity (Wildman–Crippen MR) is 115 cm³/mol. The molecule has 8 nitrogen and oxygen atoms in total. The smallest absolute Gasteiger partial charge is 0.259 e. The lowest BCUT2D eigenvalue weighted by molar-refractivity contribution is -0.122. The Morgan fingerprint density at radius 1 is 0.933 bits per heavy atom. The number of nitrogens with zero attached hydrogens (tertiary/aromatic N) is 1. The van der Waals surface area contributed by atoms with Crippen molar-refractivity contribution >= 4 is 63.8 Å². The average molecular weight is 443 g/mol. The van der Waals surface area contributed by atoms with Crippen LogP contribution in [0.15, 0.2) is 36.7 Å². The van der Waals surface area contributed by atoms with Crippen molar-refractivity contribution in [3.8, 4) is 17.2 Å². The number of halogens is 1. The van der Waals surface area contributed by atoms with Gasteiger partial charge in [0.25, 0.3) is 11.8 Å². The summed E-state index contributed by atoms with van der Waals surface area (Å²) < 4.78 is 16.1. The molecule has 30 heavy (non-hydrogen) atoms. The van der Waals surface area contributed by atoms with Crippen LogP contribution in [-0.2, 0) is 9.59 Å². The molecule has 0 atom stereocenters. The van der Waals surface area contributed by atoms with Crippen LogP contribution in [0.25, 0.3) is 22.2 Å². The summed E-state index contributed by atoms with van der Waals surface area (Å²) in [6.45, 7) is 0. The highest BCUT2D eigenvalue weighted by Crippen LogP contribution is 2.42. The summed E-state index contributed by atoms with van der Waals surface area (Å²) in [6.07, 6.45) is 3.32. The van der Waals surface area contributed by atoms with E-state index in [0.29, 0.717) is 34.0 Å². The van der Waals surface area contributed by atoms with E-state index in [1.54, 1.807) is 30.6 Å². The molecule has 0 unspecified atom stereocenters. The van der Waals surface area contributed by atoms with E-state index in [4.69, 9.17) is 14.2 Å². The zero-order valence-corrected chi connectivity index (χ0v) is 18.4. The van der Waals surface area contributed by atoms with Crippen molar-refractivity contribution in [2.45, 2.75) is 0 Å². The van der Waals surface area contributed by atoms with E-state index >= 15 is 0 Å². The Morgan fingerprint density at radius 3 is 2.17 bits per heavy atom. The van der Waals surface area contributed by atoms with E-state index in [1.165, 1.54) is 21.3 Å². The van der Waals surface area contributed by atoms with Crippen molar-refractivity contribution < 1.29 is 23.8 Å². The monoisotopic (exact) mass is 442 g/mol. The van der Waals surface area contributed by atoms with Crippen LogP contribution in [0, 0.1) is 0 Å². The molecule has 4 rings (SSSR count). The molecule has 2 N–H and O–H groups in total. The minimum absolute atomic E-state index is 0. The molecule has 10 heteroatoms. The predicted octanol–water partition coefficient (Wildman–Crippen LogP) is 2.20. The average Bonchev–Trinajstić information content (AvgIpc) is 3.26. The SMILES string of the molecule is COc1cc(C2=C(c3c[nH]c4ncccc34)C(=O)NC2=O)cc(OC)c1OC.Cl.[Al]. The van der Waals surface area contributed by atoms with Gasteiger partial charge in [0.05, 0.1) is 32.5 Å². The first-order chi connectivity index (χ1) is 13.6. The maximum Gasteiger partial charge on any atom is 0.259 e.